The Balaban J connectivity index is 2.57. The average Bonchev–Trinajstić information content (AvgIpc) is 2.58. The van der Waals surface area contributed by atoms with E-state index in [1.165, 1.54) is 10.9 Å². The van der Waals surface area contributed by atoms with Crippen LogP contribution < -0.4 is 0 Å². The van der Waals surface area contributed by atoms with Crippen molar-refractivity contribution in [3.8, 4) is 5.69 Å². The van der Waals surface area contributed by atoms with Crippen LogP contribution in [-0.4, -0.2) is 20.9 Å². The van der Waals surface area contributed by atoms with E-state index in [2.05, 4.69) is 5.10 Å². The number of carboxylic acid groups (broad SMARTS) is 1. The first-order valence-corrected chi connectivity index (χ1v) is 5.49. The maximum absolute atomic E-state index is 10.9. The van der Waals surface area contributed by atoms with Gasteiger partial charge in [0.05, 0.1) is 17.6 Å². The molecule has 2 aromatic rings. The van der Waals surface area contributed by atoms with Crippen molar-refractivity contribution < 1.29 is 9.90 Å². The zero-order chi connectivity index (χ0) is 12.6. The number of hydrogen-bond donors (Lipinski definition) is 1. The van der Waals surface area contributed by atoms with Crippen molar-refractivity contribution in [1.29, 1.82) is 0 Å². The summed E-state index contributed by atoms with van der Waals surface area (Å²) in [6, 6.07) is 4.93. The molecule has 2 rings (SSSR count). The van der Waals surface area contributed by atoms with E-state index in [1.54, 1.807) is 25.1 Å². The van der Waals surface area contributed by atoms with Crippen molar-refractivity contribution in [2.75, 3.05) is 0 Å². The third-order valence-corrected chi connectivity index (χ3v) is 2.77. The lowest BCUT2D eigenvalue weighted by Gasteiger charge is -2.05. The lowest BCUT2D eigenvalue weighted by Crippen LogP contribution is -2.02. The van der Waals surface area contributed by atoms with Gasteiger partial charge in [-0.05, 0) is 25.1 Å². The summed E-state index contributed by atoms with van der Waals surface area (Å²) in [5, 5.41) is 13.9. The topological polar surface area (TPSA) is 55.1 Å². The number of aromatic carboxylic acids is 1. The molecule has 0 aliphatic heterocycles. The molecule has 17 heavy (non-hydrogen) atoms. The lowest BCUT2D eigenvalue weighted by atomic mass is 10.2. The van der Waals surface area contributed by atoms with Crippen LogP contribution in [0.15, 0.2) is 24.4 Å². The highest BCUT2D eigenvalue weighted by Crippen LogP contribution is 2.23. The summed E-state index contributed by atoms with van der Waals surface area (Å²) in [7, 11) is 0. The van der Waals surface area contributed by atoms with E-state index in [1.807, 2.05) is 0 Å². The number of nitrogens with zero attached hydrogens (tertiary/aromatic N) is 2. The summed E-state index contributed by atoms with van der Waals surface area (Å²) in [4.78, 5) is 10.9. The fourth-order valence-electron chi connectivity index (χ4n) is 1.54. The minimum absolute atomic E-state index is 0.154. The molecular weight excluding hydrogens is 263 g/mol. The van der Waals surface area contributed by atoms with Crippen LogP contribution in [0.1, 0.15) is 16.1 Å². The molecule has 0 radical (unpaired) electrons. The molecule has 0 fully saturated rings. The van der Waals surface area contributed by atoms with Crippen LogP contribution in [0.3, 0.4) is 0 Å². The summed E-state index contributed by atoms with van der Waals surface area (Å²) in [5.74, 6) is -1.01. The summed E-state index contributed by atoms with van der Waals surface area (Å²) in [6.07, 6.45) is 1.30. The zero-order valence-corrected chi connectivity index (χ0v) is 10.3. The van der Waals surface area contributed by atoms with Gasteiger partial charge in [-0.25, -0.2) is 9.48 Å². The highest BCUT2D eigenvalue weighted by molar-refractivity contribution is 6.34. The highest BCUT2D eigenvalue weighted by Gasteiger charge is 2.14. The molecule has 1 aromatic heterocycles. The molecule has 0 saturated heterocycles. The average molecular weight is 271 g/mol. The lowest BCUT2D eigenvalue weighted by molar-refractivity contribution is 0.0696. The minimum atomic E-state index is -1.01. The van der Waals surface area contributed by atoms with E-state index in [4.69, 9.17) is 28.3 Å². The van der Waals surface area contributed by atoms with Crippen LogP contribution >= 0.6 is 23.2 Å². The molecule has 0 aliphatic carbocycles. The second-order valence-electron chi connectivity index (χ2n) is 3.49. The smallest absolute Gasteiger partial charge is 0.339 e. The minimum Gasteiger partial charge on any atom is -0.478 e. The predicted octanol–water partition coefficient (Wildman–Crippen LogP) is 3.19. The second kappa shape index (κ2) is 4.39. The third kappa shape index (κ3) is 2.28. The van der Waals surface area contributed by atoms with Crippen molar-refractivity contribution in [3.63, 3.8) is 0 Å². The molecule has 0 aliphatic rings. The van der Waals surface area contributed by atoms with Crippen LogP contribution in [0, 0.1) is 6.92 Å². The van der Waals surface area contributed by atoms with Crippen LogP contribution in [0.2, 0.25) is 10.0 Å². The molecule has 88 valence electrons. The Morgan fingerprint density at radius 1 is 1.29 bits per heavy atom. The van der Waals surface area contributed by atoms with E-state index in [0.29, 0.717) is 21.4 Å². The first kappa shape index (κ1) is 12.0. The van der Waals surface area contributed by atoms with E-state index in [9.17, 15) is 4.79 Å². The zero-order valence-electron chi connectivity index (χ0n) is 8.82. The van der Waals surface area contributed by atoms with Gasteiger partial charge in [0.15, 0.2) is 0 Å². The van der Waals surface area contributed by atoms with Gasteiger partial charge in [-0.2, -0.15) is 5.10 Å². The Labute approximate surface area is 107 Å². The summed E-state index contributed by atoms with van der Waals surface area (Å²) in [5.41, 5.74) is 1.31. The van der Waals surface area contributed by atoms with E-state index in [0.717, 1.165) is 0 Å². The van der Waals surface area contributed by atoms with E-state index in [-0.39, 0.29) is 5.56 Å². The van der Waals surface area contributed by atoms with Crippen LogP contribution in [0.5, 0.6) is 0 Å². The molecule has 4 nitrogen and oxygen atoms in total. The summed E-state index contributed by atoms with van der Waals surface area (Å²) >= 11 is 11.8. The van der Waals surface area contributed by atoms with Gasteiger partial charge in [0.25, 0.3) is 0 Å². The fourth-order valence-corrected chi connectivity index (χ4v) is 2.06. The molecule has 1 N–H and O–H groups in total. The largest absolute Gasteiger partial charge is 0.478 e. The Kier molecular flexibility index (Phi) is 3.09. The normalized spacial score (nSPS) is 10.5. The molecule has 0 amide bonds. The van der Waals surface area contributed by atoms with Gasteiger partial charge in [-0.15, -0.1) is 0 Å². The molecular formula is C11H8Cl2N2O2. The van der Waals surface area contributed by atoms with Crippen molar-refractivity contribution >= 4 is 29.2 Å². The maximum Gasteiger partial charge on any atom is 0.339 e. The number of carbonyl (C=O) groups is 1. The van der Waals surface area contributed by atoms with Crippen LogP contribution in [-0.2, 0) is 0 Å². The van der Waals surface area contributed by atoms with Gasteiger partial charge in [0, 0.05) is 10.0 Å². The van der Waals surface area contributed by atoms with Crippen LogP contribution in [0.4, 0.5) is 0 Å². The highest BCUT2D eigenvalue weighted by atomic mass is 35.5. The van der Waals surface area contributed by atoms with Gasteiger partial charge in [-0.1, -0.05) is 23.2 Å². The summed E-state index contributed by atoms with van der Waals surface area (Å²) < 4.78 is 1.49. The number of carboxylic acids is 1. The van der Waals surface area contributed by atoms with Gasteiger partial charge >= 0.3 is 5.97 Å². The third-order valence-electron chi connectivity index (χ3n) is 2.33. The first-order valence-electron chi connectivity index (χ1n) is 4.73. The maximum atomic E-state index is 10.9. The van der Waals surface area contributed by atoms with Crippen molar-refractivity contribution in [2.24, 2.45) is 0 Å². The number of aromatic nitrogens is 2. The SMILES string of the molecule is Cc1c(C(=O)O)cnn1-c1cc(Cl)cc(Cl)c1. The van der Waals surface area contributed by atoms with Crippen LogP contribution in [0.25, 0.3) is 5.69 Å². The fraction of sp³-hybridized carbons (Fsp3) is 0.0909. The van der Waals surface area contributed by atoms with Crippen molar-refractivity contribution in [2.45, 2.75) is 6.92 Å². The van der Waals surface area contributed by atoms with Crippen molar-refractivity contribution in [1.82, 2.24) is 9.78 Å². The predicted molar refractivity (Wildman–Crippen MR) is 65.3 cm³/mol. The van der Waals surface area contributed by atoms with Gasteiger partial charge in [0.1, 0.15) is 5.56 Å². The molecule has 0 bridgehead atoms. The molecule has 0 saturated carbocycles. The monoisotopic (exact) mass is 270 g/mol. The Bertz CT molecular complexity index is 573. The first-order chi connectivity index (χ1) is 7.99. The van der Waals surface area contributed by atoms with Crippen molar-refractivity contribution in [3.05, 3.63) is 45.7 Å². The number of benzene rings is 1. The Hall–Kier alpha value is -1.52. The van der Waals surface area contributed by atoms with Gasteiger partial charge in [0.2, 0.25) is 0 Å². The molecule has 0 spiro atoms. The second-order valence-corrected chi connectivity index (χ2v) is 4.36. The molecule has 6 heteroatoms. The van der Waals surface area contributed by atoms with E-state index >= 15 is 0 Å². The number of halogens is 2. The van der Waals surface area contributed by atoms with Gasteiger partial charge in [-0.3, -0.25) is 0 Å². The molecule has 1 aromatic carbocycles. The van der Waals surface area contributed by atoms with Gasteiger partial charge < -0.3 is 5.11 Å². The summed E-state index contributed by atoms with van der Waals surface area (Å²) in [6.45, 7) is 1.67. The Morgan fingerprint density at radius 2 is 1.88 bits per heavy atom. The standard InChI is InChI=1S/C11H8Cl2N2O2/c1-6-10(11(16)17)5-14-15(6)9-3-7(12)2-8(13)4-9/h2-5H,1H3,(H,16,17). The quantitative estimate of drug-likeness (QED) is 0.912. The molecule has 0 unspecified atom stereocenters. The van der Waals surface area contributed by atoms with E-state index < -0.39 is 5.97 Å². The number of hydrogen-bond acceptors (Lipinski definition) is 2. The number of rotatable bonds is 2. The molecule has 1 heterocycles. The molecule has 0 atom stereocenters. The Morgan fingerprint density at radius 3 is 2.35 bits per heavy atom.